The van der Waals surface area contributed by atoms with Gasteiger partial charge in [-0.25, -0.2) is 0 Å². The van der Waals surface area contributed by atoms with Crippen LogP contribution in [-0.4, -0.2) is 14.8 Å². The Labute approximate surface area is 159 Å². The topological polar surface area (TPSA) is 25.2 Å². The Balaban J connectivity index is 1.74. The molecule has 0 N–H and O–H groups in total. The Morgan fingerprint density at radius 2 is 1.84 bits per heavy atom. The Morgan fingerprint density at radius 1 is 1.12 bits per heavy atom. The number of hydrogen-bond donors (Lipinski definition) is 0. The second-order valence-electron chi connectivity index (χ2n) is 5.71. The molecule has 1 aromatic heterocycles. The number of aryl methyl sites for hydroxylation is 1. The molecule has 1 amide bonds. The molecule has 0 atom stereocenters. The van der Waals surface area contributed by atoms with Crippen molar-refractivity contribution < 1.29 is 4.79 Å². The number of carbonyl (C=O) groups is 1. The van der Waals surface area contributed by atoms with Crippen LogP contribution in [0.25, 0.3) is 17.0 Å². The molecule has 0 unspecified atom stereocenters. The molecule has 1 saturated heterocycles. The van der Waals surface area contributed by atoms with Crippen molar-refractivity contribution in [2.24, 2.45) is 7.05 Å². The van der Waals surface area contributed by atoms with Crippen LogP contribution in [-0.2, 0) is 11.8 Å². The first-order chi connectivity index (χ1) is 12.0. The molecule has 4 rings (SSSR count). The van der Waals surface area contributed by atoms with Crippen LogP contribution in [0.15, 0.2) is 59.6 Å². The first-order valence-electron chi connectivity index (χ1n) is 7.62. The fourth-order valence-electron chi connectivity index (χ4n) is 2.91. The maximum atomic E-state index is 12.9. The third-order valence-corrected chi connectivity index (χ3v) is 5.65. The van der Waals surface area contributed by atoms with Gasteiger partial charge < -0.3 is 4.57 Å². The van der Waals surface area contributed by atoms with Gasteiger partial charge in [0.15, 0.2) is 4.32 Å². The van der Waals surface area contributed by atoms with Gasteiger partial charge in [-0.05, 0) is 36.4 Å². The van der Waals surface area contributed by atoms with Gasteiger partial charge in [0.05, 0.1) is 10.6 Å². The minimum atomic E-state index is -0.106. The summed E-state index contributed by atoms with van der Waals surface area (Å²) in [4.78, 5) is 15.0. The standard InChI is InChI=1S/C19H13ClN2OS2/c1-21-11-12(15-4-2-3-5-16(15)21)10-17-18(23)22(19(24)25-17)14-8-6-13(20)7-9-14/h2-11H,1H3. The number of nitrogens with zero attached hydrogens (tertiary/aromatic N) is 2. The fraction of sp³-hybridized carbons (Fsp3) is 0.0526. The monoisotopic (exact) mass is 384 g/mol. The zero-order valence-corrected chi connectivity index (χ0v) is 15.7. The largest absolute Gasteiger partial charge is 0.350 e. The average Bonchev–Trinajstić information content (AvgIpc) is 3.06. The number of aromatic nitrogens is 1. The smallest absolute Gasteiger partial charge is 0.270 e. The zero-order valence-electron chi connectivity index (χ0n) is 13.3. The molecule has 3 aromatic rings. The summed E-state index contributed by atoms with van der Waals surface area (Å²) in [6, 6.07) is 15.2. The van der Waals surface area contributed by atoms with Gasteiger partial charge in [-0.1, -0.05) is 53.8 Å². The van der Waals surface area contributed by atoms with Crippen LogP contribution in [0, 0.1) is 0 Å². The molecular weight excluding hydrogens is 372 g/mol. The first kappa shape index (κ1) is 16.4. The van der Waals surface area contributed by atoms with Crippen molar-refractivity contribution >= 4 is 68.5 Å². The van der Waals surface area contributed by atoms with E-state index in [1.54, 1.807) is 29.2 Å². The summed E-state index contributed by atoms with van der Waals surface area (Å²) in [5.74, 6) is -0.106. The van der Waals surface area contributed by atoms with E-state index in [1.807, 2.05) is 31.5 Å². The lowest BCUT2D eigenvalue weighted by molar-refractivity contribution is -0.113. The van der Waals surface area contributed by atoms with Crippen molar-refractivity contribution in [1.29, 1.82) is 0 Å². The van der Waals surface area contributed by atoms with Crippen LogP contribution in [0.2, 0.25) is 5.02 Å². The third-order valence-electron chi connectivity index (χ3n) is 4.09. The normalized spacial score (nSPS) is 16.4. The fourth-order valence-corrected chi connectivity index (χ4v) is 4.33. The molecule has 1 fully saturated rings. The van der Waals surface area contributed by atoms with Gasteiger partial charge in [0.2, 0.25) is 0 Å². The Morgan fingerprint density at radius 3 is 2.60 bits per heavy atom. The number of amides is 1. The van der Waals surface area contributed by atoms with Crippen molar-refractivity contribution in [3.05, 3.63) is 70.2 Å². The molecule has 25 heavy (non-hydrogen) atoms. The highest BCUT2D eigenvalue weighted by molar-refractivity contribution is 8.27. The van der Waals surface area contributed by atoms with E-state index in [1.165, 1.54) is 11.8 Å². The van der Waals surface area contributed by atoms with Gasteiger partial charge in [0, 0.05) is 34.7 Å². The number of para-hydroxylation sites is 1. The van der Waals surface area contributed by atoms with Crippen LogP contribution in [0.4, 0.5) is 5.69 Å². The van der Waals surface area contributed by atoms with E-state index in [0.717, 1.165) is 22.2 Å². The maximum Gasteiger partial charge on any atom is 0.270 e. The zero-order chi connectivity index (χ0) is 17.6. The summed E-state index contributed by atoms with van der Waals surface area (Å²) in [6.45, 7) is 0. The van der Waals surface area contributed by atoms with Crippen molar-refractivity contribution in [2.45, 2.75) is 0 Å². The minimum Gasteiger partial charge on any atom is -0.350 e. The van der Waals surface area contributed by atoms with Crippen molar-refractivity contribution in [2.75, 3.05) is 4.90 Å². The van der Waals surface area contributed by atoms with E-state index in [9.17, 15) is 4.79 Å². The molecule has 0 radical (unpaired) electrons. The quantitative estimate of drug-likeness (QED) is 0.446. The van der Waals surface area contributed by atoms with E-state index in [0.29, 0.717) is 14.2 Å². The number of thioether (sulfide) groups is 1. The van der Waals surface area contributed by atoms with Gasteiger partial charge in [-0.2, -0.15) is 0 Å². The third kappa shape index (κ3) is 2.88. The Kier molecular flexibility index (Phi) is 4.15. The van der Waals surface area contributed by atoms with Gasteiger partial charge in [-0.3, -0.25) is 9.69 Å². The van der Waals surface area contributed by atoms with Crippen LogP contribution >= 0.6 is 35.6 Å². The Hall–Kier alpha value is -2.08. The molecule has 6 heteroatoms. The summed E-state index contributed by atoms with van der Waals surface area (Å²) in [5, 5.41) is 1.74. The number of anilines is 1. The predicted octanol–water partition coefficient (Wildman–Crippen LogP) is 5.24. The van der Waals surface area contributed by atoms with Crippen molar-refractivity contribution in [3.8, 4) is 0 Å². The van der Waals surface area contributed by atoms with Crippen LogP contribution in [0.5, 0.6) is 0 Å². The van der Waals surface area contributed by atoms with E-state index in [2.05, 4.69) is 16.7 Å². The van der Waals surface area contributed by atoms with E-state index in [-0.39, 0.29) is 5.91 Å². The molecule has 124 valence electrons. The SMILES string of the molecule is Cn1cc(C=C2SC(=S)N(c3ccc(Cl)cc3)C2=O)c2ccccc21. The molecule has 2 heterocycles. The first-order valence-corrected chi connectivity index (χ1v) is 9.22. The Bertz CT molecular complexity index is 1040. The van der Waals surface area contributed by atoms with Crippen molar-refractivity contribution in [3.63, 3.8) is 0 Å². The number of halogens is 1. The second-order valence-corrected chi connectivity index (χ2v) is 7.82. The van der Waals surface area contributed by atoms with Gasteiger partial charge in [0.1, 0.15) is 0 Å². The van der Waals surface area contributed by atoms with Crippen LogP contribution in [0.1, 0.15) is 5.56 Å². The molecule has 0 saturated carbocycles. The van der Waals surface area contributed by atoms with Gasteiger partial charge in [0.25, 0.3) is 5.91 Å². The summed E-state index contributed by atoms with van der Waals surface area (Å²) in [6.07, 6.45) is 3.94. The van der Waals surface area contributed by atoms with Gasteiger partial charge in [-0.15, -0.1) is 0 Å². The van der Waals surface area contributed by atoms with Gasteiger partial charge >= 0.3 is 0 Å². The summed E-state index contributed by atoms with van der Waals surface area (Å²) >= 11 is 12.7. The molecule has 1 aliphatic heterocycles. The number of hydrogen-bond acceptors (Lipinski definition) is 3. The summed E-state index contributed by atoms with van der Waals surface area (Å²) in [7, 11) is 2.00. The number of rotatable bonds is 2. The van der Waals surface area contributed by atoms with E-state index >= 15 is 0 Å². The van der Waals surface area contributed by atoms with Crippen LogP contribution < -0.4 is 4.90 Å². The van der Waals surface area contributed by atoms with E-state index < -0.39 is 0 Å². The highest BCUT2D eigenvalue weighted by Gasteiger charge is 2.33. The minimum absolute atomic E-state index is 0.106. The lowest BCUT2D eigenvalue weighted by Crippen LogP contribution is -2.27. The maximum absolute atomic E-state index is 12.9. The molecule has 1 aliphatic rings. The number of benzene rings is 2. The summed E-state index contributed by atoms with van der Waals surface area (Å²) in [5.41, 5.74) is 2.87. The predicted molar refractivity (Wildman–Crippen MR) is 110 cm³/mol. The second kappa shape index (κ2) is 6.33. The highest BCUT2D eigenvalue weighted by atomic mass is 35.5. The number of carbonyl (C=O) groups excluding carboxylic acids is 1. The summed E-state index contributed by atoms with van der Waals surface area (Å²) < 4.78 is 2.58. The molecule has 2 aromatic carbocycles. The molecule has 0 bridgehead atoms. The molecular formula is C19H13ClN2OS2. The highest BCUT2D eigenvalue weighted by Crippen LogP contribution is 2.37. The molecule has 0 spiro atoms. The number of thiocarbonyl (C=S) groups is 1. The average molecular weight is 385 g/mol. The lowest BCUT2D eigenvalue weighted by atomic mass is 10.1. The molecule has 0 aliphatic carbocycles. The van der Waals surface area contributed by atoms with E-state index in [4.69, 9.17) is 23.8 Å². The van der Waals surface area contributed by atoms with Crippen LogP contribution in [0.3, 0.4) is 0 Å². The lowest BCUT2D eigenvalue weighted by Gasteiger charge is -2.14. The number of fused-ring (bicyclic) bond motifs is 1. The van der Waals surface area contributed by atoms with Crippen molar-refractivity contribution in [1.82, 2.24) is 4.57 Å². The molecule has 3 nitrogen and oxygen atoms in total.